The predicted octanol–water partition coefficient (Wildman–Crippen LogP) is 5.77. The Morgan fingerprint density at radius 1 is 0.911 bits per heavy atom. The van der Waals surface area contributed by atoms with Gasteiger partial charge in [-0.15, -0.1) is 0 Å². The first kappa shape index (κ1) is 59.5. The molecule has 4 aliphatic carbocycles. The van der Waals surface area contributed by atoms with Crippen molar-refractivity contribution >= 4 is 35.2 Å². The monoisotopic (exact) mass is 1100 g/mol. The number of benzene rings is 3. The molecule has 3 fully saturated rings. The molecule has 18 heteroatoms. The number of fused-ring (bicyclic) bond motifs is 4. The number of ketones is 3. The van der Waals surface area contributed by atoms with Gasteiger partial charge in [-0.3, -0.25) is 24.0 Å². The molecule has 2 amide bonds. The number of carbonyl (C=O) groups is 5. The third-order valence-corrected chi connectivity index (χ3v) is 18.2. The number of aliphatic hydroxyl groups is 5. The van der Waals surface area contributed by atoms with E-state index in [0.29, 0.717) is 38.4 Å². The summed E-state index contributed by atoms with van der Waals surface area (Å²) in [6.07, 6.45) is 4.38. The third-order valence-electron chi connectivity index (χ3n) is 18.2. The molecule has 0 radical (unpaired) electrons. The quantitative estimate of drug-likeness (QED) is 0.0371. The molecule has 0 unspecified atom stereocenters. The highest BCUT2D eigenvalue weighted by Gasteiger charge is 2.58. The standard InChI is InChI=1S/C61H81N3O15/c1-34-52(69)39(29-47(78-34)79-41-31-61(76,44(66)33-65)30-38-49(41)56(73)51-50(54(38)71)53(70)37-11-8-12-40(77-7)48(37)55(51)72)64-46(68)18-17-45(67)63-28-10-27-62-32-36-15-13-35(14-16-36)19-24-58(4,74)25-20-43-59(5)23-9-22-57(2,3)42(59)21-26-60(43,6)75/h8,11-16,19,24,34,39,41-43,47,52,62,65,69,71,73-76H,9-10,17-18,20-23,25-33H2,1-7H3,(H,63,67)(H,64,68)/b24-19+/t34-,39-,41-,42-,43+,47-,52+,58-,59-,60+,61-/m0/s1. The largest absolute Gasteiger partial charge is 0.507 e. The number of aromatic hydroxyl groups is 2. The van der Waals surface area contributed by atoms with E-state index in [1.54, 1.807) is 0 Å². The van der Waals surface area contributed by atoms with E-state index in [1.807, 2.05) is 50.3 Å². The van der Waals surface area contributed by atoms with Crippen LogP contribution in [0.25, 0.3) is 6.08 Å². The van der Waals surface area contributed by atoms with E-state index in [9.17, 15) is 59.7 Å². The minimum atomic E-state index is -2.37. The van der Waals surface area contributed by atoms with Crippen LogP contribution in [0.15, 0.2) is 48.5 Å². The zero-order valence-electron chi connectivity index (χ0n) is 46.7. The van der Waals surface area contributed by atoms with Crippen LogP contribution in [0.3, 0.4) is 0 Å². The highest BCUT2D eigenvalue weighted by atomic mass is 16.7. The maximum atomic E-state index is 14.0. The number of Topliss-reactive ketones (excluding diaryl/α,β-unsaturated/α-hetero) is 1. The Balaban J connectivity index is 0.785. The molecule has 2 saturated carbocycles. The molecule has 5 aliphatic rings. The molecule has 3 aromatic carbocycles. The summed E-state index contributed by atoms with van der Waals surface area (Å²) in [6.45, 7) is 13.0. The fraction of sp³-hybridized carbons (Fsp3) is 0.590. The van der Waals surface area contributed by atoms with Crippen molar-refractivity contribution in [1.82, 2.24) is 16.0 Å². The van der Waals surface area contributed by atoms with Gasteiger partial charge < -0.3 is 65.9 Å². The summed E-state index contributed by atoms with van der Waals surface area (Å²) < 4.78 is 17.6. The molecule has 10 N–H and O–H groups in total. The summed E-state index contributed by atoms with van der Waals surface area (Å²) >= 11 is 0. The van der Waals surface area contributed by atoms with Gasteiger partial charge in [0.1, 0.15) is 35.6 Å². The molecule has 79 heavy (non-hydrogen) atoms. The average molecular weight is 1100 g/mol. The molecule has 3 aromatic rings. The van der Waals surface area contributed by atoms with Crippen LogP contribution in [0.5, 0.6) is 17.2 Å². The number of hydrogen-bond acceptors (Lipinski definition) is 16. The molecule has 1 aliphatic heterocycles. The maximum absolute atomic E-state index is 14.0. The first-order valence-corrected chi connectivity index (χ1v) is 28.0. The number of amides is 2. The van der Waals surface area contributed by atoms with Gasteiger partial charge in [-0.1, -0.05) is 75.7 Å². The summed E-state index contributed by atoms with van der Waals surface area (Å²) in [5, 5.41) is 88.1. The van der Waals surface area contributed by atoms with Crippen molar-refractivity contribution in [3.05, 3.63) is 93.0 Å². The molecular formula is C61H81N3O15. The van der Waals surface area contributed by atoms with Crippen molar-refractivity contribution < 1.29 is 73.9 Å². The van der Waals surface area contributed by atoms with Crippen molar-refractivity contribution in [2.75, 3.05) is 26.8 Å². The molecule has 8 rings (SSSR count). The lowest BCUT2D eigenvalue weighted by Gasteiger charge is -2.61. The zero-order chi connectivity index (χ0) is 57.4. The van der Waals surface area contributed by atoms with E-state index in [2.05, 4.69) is 36.7 Å². The molecule has 1 saturated heterocycles. The van der Waals surface area contributed by atoms with Crippen molar-refractivity contribution in [3.63, 3.8) is 0 Å². The lowest BCUT2D eigenvalue weighted by atomic mass is 9.45. The summed E-state index contributed by atoms with van der Waals surface area (Å²) in [7, 11) is 1.31. The lowest BCUT2D eigenvalue weighted by Crippen LogP contribution is -2.57. The molecule has 0 aromatic heterocycles. The second-order valence-corrected chi connectivity index (χ2v) is 24.4. The van der Waals surface area contributed by atoms with Gasteiger partial charge >= 0.3 is 0 Å². The van der Waals surface area contributed by atoms with Crippen LogP contribution in [0.2, 0.25) is 0 Å². The Morgan fingerprint density at radius 3 is 2.33 bits per heavy atom. The van der Waals surface area contributed by atoms with Crippen LogP contribution in [0.1, 0.15) is 179 Å². The normalized spacial score (nSPS) is 29.8. The summed E-state index contributed by atoms with van der Waals surface area (Å²) in [6, 6.07) is 11.4. The van der Waals surface area contributed by atoms with Crippen molar-refractivity contribution in [1.29, 1.82) is 0 Å². The number of hydrogen-bond donors (Lipinski definition) is 10. The topological polar surface area (TPSA) is 291 Å². The second kappa shape index (κ2) is 23.5. The number of rotatable bonds is 20. The SMILES string of the molecule is COc1cccc2c1C(=O)c1c(O)c3c(c(O)c1C2=O)C[C@@](O)(C(=O)CO)C[C@@H]3O[C@H]1C[C@H](NC(=O)CCC(=O)NCCCNCc2ccc(/C=C/[C@](C)(O)CC[C@@H]3[C@@]4(C)CCCC(C)(C)[C@@H]4CC[C@@]3(C)O)cc2)[C@H](O)[C@H](C)O1. The van der Waals surface area contributed by atoms with E-state index in [4.69, 9.17) is 14.2 Å². The van der Waals surface area contributed by atoms with Gasteiger partial charge in [0.05, 0.1) is 53.3 Å². The Morgan fingerprint density at radius 2 is 1.62 bits per heavy atom. The second-order valence-electron chi connectivity index (χ2n) is 24.4. The van der Waals surface area contributed by atoms with E-state index >= 15 is 0 Å². The van der Waals surface area contributed by atoms with Crippen LogP contribution in [0, 0.1) is 22.7 Å². The van der Waals surface area contributed by atoms with Gasteiger partial charge in [-0.25, -0.2) is 0 Å². The highest BCUT2D eigenvalue weighted by Crippen LogP contribution is 2.63. The van der Waals surface area contributed by atoms with Crippen molar-refractivity contribution in [2.45, 2.75) is 179 Å². The highest BCUT2D eigenvalue weighted by molar-refractivity contribution is 6.31. The first-order valence-electron chi connectivity index (χ1n) is 28.0. The minimum Gasteiger partial charge on any atom is -0.507 e. The van der Waals surface area contributed by atoms with Gasteiger partial charge in [-0.2, -0.15) is 0 Å². The third kappa shape index (κ3) is 12.4. The zero-order valence-corrected chi connectivity index (χ0v) is 46.7. The summed E-state index contributed by atoms with van der Waals surface area (Å²) in [4.78, 5) is 66.9. The molecule has 0 spiro atoms. The van der Waals surface area contributed by atoms with Crippen LogP contribution in [-0.2, 0) is 36.8 Å². The molecule has 18 nitrogen and oxygen atoms in total. The Bertz CT molecular complexity index is 2830. The number of aliphatic hydroxyl groups excluding tert-OH is 2. The summed E-state index contributed by atoms with van der Waals surface area (Å²) in [5.74, 6) is -4.35. The van der Waals surface area contributed by atoms with Crippen LogP contribution in [-0.4, -0.2) is 133 Å². The van der Waals surface area contributed by atoms with Crippen molar-refractivity contribution in [3.8, 4) is 17.2 Å². The Hall–Kier alpha value is -5.57. The van der Waals surface area contributed by atoms with E-state index in [1.165, 1.54) is 45.1 Å². The lowest BCUT2D eigenvalue weighted by molar-refractivity contribution is -0.249. The van der Waals surface area contributed by atoms with Crippen LogP contribution >= 0.6 is 0 Å². The summed E-state index contributed by atoms with van der Waals surface area (Å²) in [5.41, 5.74) is -3.59. The van der Waals surface area contributed by atoms with Crippen LogP contribution < -0.4 is 20.7 Å². The first-order chi connectivity index (χ1) is 37.2. The van der Waals surface area contributed by atoms with Gasteiger partial charge in [0.2, 0.25) is 17.6 Å². The fourth-order valence-corrected chi connectivity index (χ4v) is 13.9. The van der Waals surface area contributed by atoms with Gasteiger partial charge in [0, 0.05) is 61.9 Å². The van der Waals surface area contributed by atoms with Gasteiger partial charge in [0.25, 0.3) is 0 Å². The Kier molecular flexibility index (Phi) is 17.7. The van der Waals surface area contributed by atoms with E-state index < -0.39 is 113 Å². The number of carbonyl (C=O) groups excluding carboxylic acids is 5. The van der Waals surface area contributed by atoms with E-state index in [0.717, 1.165) is 36.8 Å². The van der Waals surface area contributed by atoms with Gasteiger partial charge in [-0.05, 0) is 112 Å². The molecule has 1 heterocycles. The number of ether oxygens (including phenoxy) is 3. The number of methoxy groups -OCH3 is 1. The predicted molar refractivity (Wildman–Crippen MR) is 292 cm³/mol. The molecular weight excluding hydrogens is 1010 g/mol. The number of phenolic OH excluding ortho intramolecular Hbond substituents is 2. The van der Waals surface area contributed by atoms with Crippen LogP contribution in [0.4, 0.5) is 0 Å². The average Bonchev–Trinajstić information content (AvgIpc) is 3.48. The molecule has 430 valence electrons. The molecule has 0 bridgehead atoms. The minimum absolute atomic E-state index is 0.0433. The van der Waals surface area contributed by atoms with E-state index in [-0.39, 0.29) is 69.9 Å². The van der Waals surface area contributed by atoms with Gasteiger partial charge in [0.15, 0.2) is 17.9 Å². The molecule has 11 atom stereocenters. The maximum Gasteiger partial charge on any atom is 0.220 e. The fourth-order valence-electron chi connectivity index (χ4n) is 13.9. The number of nitrogens with one attached hydrogen (secondary N) is 3. The number of phenols is 2. The van der Waals surface area contributed by atoms with Crippen molar-refractivity contribution in [2.24, 2.45) is 22.7 Å². The Labute approximate surface area is 462 Å². The smallest absolute Gasteiger partial charge is 0.220 e.